The van der Waals surface area contributed by atoms with Gasteiger partial charge in [0, 0.05) is 38.0 Å². The summed E-state index contributed by atoms with van der Waals surface area (Å²) in [5.41, 5.74) is 2.90. The van der Waals surface area contributed by atoms with E-state index >= 15 is 0 Å². The van der Waals surface area contributed by atoms with E-state index in [1.807, 2.05) is 30.3 Å². The first kappa shape index (κ1) is 45.4. The summed E-state index contributed by atoms with van der Waals surface area (Å²) in [5, 5.41) is 23.9. The number of aromatic nitrogens is 8. The molecule has 0 saturated heterocycles. The summed E-state index contributed by atoms with van der Waals surface area (Å²) in [6, 6.07) is 23.6. The van der Waals surface area contributed by atoms with Gasteiger partial charge in [-0.3, -0.25) is 28.8 Å². The molecule has 3 aromatic carbocycles. The first-order chi connectivity index (χ1) is 33.9. The fourth-order valence-corrected chi connectivity index (χ4v) is 7.01. The van der Waals surface area contributed by atoms with Crippen LogP contribution in [0.2, 0.25) is 0 Å². The number of hydrogen-bond acceptors (Lipinski definition) is 14. The Morgan fingerprint density at radius 3 is 1.57 bits per heavy atom. The lowest BCUT2D eigenvalue weighted by atomic mass is 10.1. The minimum Gasteiger partial charge on any atom is -0.482 e. The molecule has 6 amide bonds. The van der Waals surface area contributed by atoms with Crippen LogP contribution in [0.1, 0.15) is 64.3 Å². The fourth-order valence-electron chi connectivity index (χ4n) is 7.01. The number of rotatable bonds is 12. The zero-order chi connectivity index (χ0) is 48.7. The molecule has 0 bridgehead atoms. The third-order valence-electron chi connectivity index (χ3n) is 10.4. The van der Waals surface area contributed by atoms with Gasteiger partial charge in [0.15, 0.2) is 36.1 Å². The third kappa shape index (κ3) is 10.3. The largest absolute Gasteiger partial charge is 0.482 e. The Morgan fingerprint density at radius 2 is 1.07 bits per heavy atom. The van der Waals surface area contributed by atoms with Crippen LogP contribution >= 0.6 is 0 Å². The highest BCUT2D eigenvalue weighted by Gasteiger charge is 2.23. The van der Waals surface area contributed by atoms with Crippen molar-refractivity contribution in [3.8, 4) is 11.5 Å². The molecule has 0 atom stereocenters. The summed E-state index contributed by atoms with van der Waals surface area (Å²) in [6.45, 7) is 0.418. The van der Waals surface area contributed by atoms with Crippen molar-refractivity contribution in [2.75, 3.05) is 23.8 Å². The zero-order valence-electron chi connectivity index (χ0n) is 36.2. The standard InChI is InChI=1S/C24H19FN6O4.C22H17FN8O4/c25-16-12-28-31-19(24(34)27-10-14-4-2-1-3-5-14)9-18(30-22(16)31)23(33)26-11-15-6-7-20-17(8-15)29-21(32)13-35-20;23-14-9-28-31-17(22(34)26-8-13-3-4-24-11-27-13)6-16(30-20(14)31)21(33)25-7-12-1-2-18-15(5-12)29-19(32)10-35-18/h1-9,12H,10-11,13H2,(H,26,33)(H,27,34)(H,29,32);1-6,9,11H,7-8,10H2,(H,25,33)(H,26,34)(H,29,32). The summed E-state index contributed by atoms with van der Waals surface area (Å²) in [6.07, 6.45) is 4.73. The van der Waals surface area contributed by atoms with Gasteiger partial charge in [0.05, 0.1) is 36.0 Å². The van der Waals surface area contributed by atoms with Crippen LogP contribution in [0.25, 0.3) is 11.3 Å². The molecule has 0 radical (unpaired) electrons. The fraction of sp³-hybridized carbons (Fsp3) is 0.130. The van der Waals surface area contributed by atoms with E-state index in [2.05, 4.69) is 62.0 Å². The van der Waals surface area contributed by atoms with E-state index in [0.29, 0.717) is 39.7 Å². The van der Waals surface area contributed by atoms with Crippen LogP contribution in [-0.2, 0) is 35.8 Å². The van der Waals surface area contributed by atoms with Gasteiger partial charge in [0.1, 0.15) is 40.6 Å². The van der Waals surface area contributed by atoms with Gasteiger partial charge in [-0.1, -0.05) is 42.5 Å². The lowest BCUT2D eigenvalue weighted by Gasteiger charge is -2.18. The van der Waals surface area contributed by atoms with E-state index < -0.39 is 35.3 Å². The number of ether oxygens (including phenoxy) is 2. The second-order valence-corrected chi connectivity index (χ2v) is 15.3. The molecular weight excluding hydrogens is 915 g/mol. The van der Waals surface area contributed by atoms with Crippen LogP contribution in [0.3, 0.4) is 0 Å². The summed E-state index contributed by atoms with van der Waals surface area (Å²) in [7, 11) is 0. The average molecular weight is 951 g/mol. The normalized spacial score (nSPS) is 12.4. The van der Waals surface area contributed by atoms with Gasteiger partial charge in [0.25, 0.3) is 35.4 Å². The second kappa shape index (κ2) is 20.0. The average Bonchev–Trinajstić information content (AvgIpc) is 3.96. The predicted molar refractivity (Wildman–Crippen MR) is 240 cm³/mol. The lowest BCUT2D eigenvalue weighted by Crippen LogP contribution is -2.29. The Hall–Kier alpha value is -9.74. The molecule has 0 spiro atoms. The predicted octanol–water partition coefficient (Wildman–Crippen LogP) is 2.91. The highest BCUT2D eigenvalue weighted by atomic mass is 19.1. The molecule has 6 N–H and O–H groups in total. The highest BCUT2D eigenvalue weighted by molar-refractivity contribution is 6.00. The number of halogens is 2. The van der Waals surface area contributed by atoms with Gasteiger partial charge < -0.3 is 41.4 Å². The van der Waals surface area contributed by atoms with Gasteiger partial charge in [-0.15, -0.1) is 0 Å². The van der Waals surface area contributed by atoms with Crippen LogP contribution < -0.4 is 41.4 Å². The van der Waals surface area contributed by atoms with Crippen molar-refractivity contribution in [3.05, 3.63) is 167 Å². The molecule has 22 nitrogen and oxygen atoms in total. The Morgan fingerprint density at radius 1 is 0.586 bits per heavy atom. The number of benzene rings is 3. The molecule has 7 heterocycles. The van der Waals surface area contributed by atoms with Gasteiger partial charge in [-0.2, -0.15) is 10.2 Å². The molecule has 70 heavy (non-hydrogen) atoms. The van der Waals surface area contributed by atoms with E-state index in [1.54, 1.807) is 42.5 Å². The lowest BCUT2D eigenvalue weighted by molar-refractivity contribution is -0.119. The number of nitrogens with zero attached hydrogens (tertiary/aromatic N) is 8. The van der Waals surface area contributed by atoms with Crippen LogP contribution in [0.5, 0.6) is 11.5 Å². The van der Waals surface area contributed by atoms with Crippen molar-refractivity contribution in [2.45, 2.75) is 26.2 Å². The van der Waals surface area contributed by atoms with Crippen LogP contribution in [0, 0.1) is 11.6 Å². The van der Waals surface area contributed by atoms with E-state index in [4.69, 9.17) is 9.47 Å². The first-order valence-electron chi connectivity index (χ1n) is 21.1. The molecule has 2 aliphatic heterocycles. The molecule has 24 heteroatoms. The Labute approximate surface area is 392 Å². The minimum atomic E-state index is -0.782. The maximum absolute atomic E-state index is 14.3. The number of amides is 6. The Kier molecular flexibility index (Phi) is 13.0. The number of anilines is 2. The molecular formula is C46H36F2N14O8. The quantitative estimate of drug-likeness (QED) is 0.103. The van der Waals surface area contributed by atoms with E-state index in [9.17, 15) is 37.5 Å². The summed E-state index contributed by atoms with van der Waals surface area (Å²) >= 11 is 0. The molecule has 2 aliphatic rings. The topological polar surface area (TPSA) is 279 Å². The smallest absolute Gasteiger partial charge is 0.270 e. The third-order valence-corrected chi connectivity index (χ3v) is 10.4. The van der Waals surface area contributed by atoms with E-state index in [0.717, 1.165) is 27.0 Å². The molecule has 352 valence electrons. The van der Waals surface area contributed by atoms with Gasteiger partial charge in [0.2, 0.25) is 0 Å². The van der Waals surface area contributed by atoms with Gasteiger partial charge in [-0.25, -0.2) is 37.7 Å². The van der Waals surface area contributed by atoms with Crippen molar-refractivity contribution in [1.82, 2.24) is 60.4 Å². The Bertz CT molecular complexity index is 3130. The molecule has 5 aromatic heterocycles. The number of carbonyl (C=O) groups excluding carboxylic acids is 6. The maximum Gasteiger partial charge on any atom is 0.270 e. The number of fused-ring (bicyclic) bond motifs is 4. The molecule has 10 rings (SSSR count). The molecule has 0 saturated carbocycles. The highest BCUT2D eigenvalue weighted by Crippen LogP contribution is 2.29. The Balaban J connectivity index is 0.000000174. The van der Waals surface area contributed by atoms with Crippen LogP contribution in [0.15, 0.2) is 110 Å². The van der Waals surface area contributed by atoms with Crippen molar-refractivity contribution in [3.63, 3.8) is 0 Å². The van der Waals surface area contributed by atoms with E-state index in [-0.39, 0.29) is 85.3 Å². The number of carbonyl (C=O) groups is 6. The molecule has 0 aliphatic carbocycles. The summed E-state index contributed by atoms with van der Waals surface area (Å²) in [5.74, 6) is -3.39. The summed E-state index contributed by atoms with van der Waals surface area (Å²) in [4.78, 5) is 90.3. The molecule has 0 unspecified atom stereocenters. The van der Waals surface area contributed by atoms with Crippen molar-refractivity contribution in [1.29, 1.82) is 0 Å². The van der Waals surface area contributed by atoms with Crippen LogP contribution in [0.4, 0.5) is 20.2 Å². The summed E-state index contributed by atoms with van der Waals surface area (Å²) < 4.78 is 41.2. The number of hydrogen-bond donors (Lipinski definition) is 6. The van der Waals surface area contributed by atoms with Crippen molar-refractivity contribution in [2.24, 2.45) is 0 Å². The van der Waals surface area contributed by atoms with Crippen LogP contribution in [-0.4, -0.2) is 87.8 Å². The second-order valence-electron chi connectivity index (χ2n) is 15.3. The maximum atomic E-state index is 14.3. The SMILES string of the molecule is O=C1COc2ccc(CNC(=O)c3cc(C(=O)NCc4ccccc4)n4ncc(F)c4n3)cc2N1.O=C1COc2ccc(CNC(=O)c3cc(C(=O)NCc4ccncn4)n4ncc(F)c4n3)cc2N1. The molecule has 8 aromatic rings. The first-order valence-corrected chi connectivity index (χ1v) is 21.1. The monoisotopic (exact) mass is 950 g/mol. The van der Waals surface area contributed by atoms with E-state index in [1.165, 1.54) is 24.7 Å². The minimum absolute atomic E-state index is 0.0337. The molecule has 0 fully saturated rings. The van der Waals surface area contributed by atoms with Crippen molar-refractivity contribution >= 4 is 58.1 Å². The zero-order valence-corrected chi connectivity index (χ0v) is 36.2. The number of nitrogens with one attached hydrogen (secondary N) is 6. The van der Waals surface area contributed by atoms with Crippen molar-refractivity contribution < 1.29 is 47.0 Å². The van der Waals surface area contributed by atoms with Gasteiger partial charge >= 0.3 is 0 Å². The van der Waals surface area contributed by atoms with Gasteiger partial charge in [-0.05, 0) is 47.0 Å².